The second kappa shape index (κ2) is 5.76. The summed E-state index contributed by atoms with van der Waals surface area (Å²) in [7, 11) is -3.53. The van der Waals surface area contributed by atoms with E-state index in [0.717, 1.165) is 0 Å². The third kappa shape index (κ3) is 3.46. The molecule has 2 N–H and O–H groups in total. The van der Waals surface area contributed by atoms with Crippen LogP contribution in [0.5, 0.6) is 0 Å². The molecule has 1 heterocycles. The molecule has 1 amide bonds. The van der Waals surface area contributed by atoms with Crippen molar-refractivity contribution in [3.63, 3.8) is 0 Å². The standard InChI is InChI=1S/C13H12N4O3S/c14-7-10-2-1-3-12(6-10)21(19,20)5-4-17-9-11(8-16-17)13(15)18/h1-3,6,8-9H,4-5H2,(H2,15,18). The number of carbonyl (C=O) groups is 1. The Bertz CT molecular complexity index is 818. The van der Waals surface area contributed by atoms with E-state index in [1.807, 2.05) is 6.07 Å². The van der Waals surface area contributed by atoms with E-state index in [9.17, 15) is 13.2 Å². The molecule has 0 saturated carbocycles. The maximum atomic E-state index is 12.2. The van der Waals surface area contributed by atoms with Crippen LogP contribution in [0.2, 0.25) is 0 Å². The first-order valence-corrected chi connectivity index (χ1v) is 7.63. The minimum Gasteiger partial charge on any atom is -0.366 e. The Morgan fingerprint density at radius 3 is 2.81 bits per heavy atom. The third-order valence-electron chi connectivity index (χ3n) is 2.83. The second-order valence-electron chi connectivity index (χ2n) is 4.31. The van der Waals surface area contributed by atoms with Gasteiger partial charge in [0, 0.05) is 6.20 Å². The van der Waals surface area contributed by atoms with Gasteiger partial charge in [-0.2, -0.15) is 10.4 Å². The molecule has 7 nitrogen and oxygen atoms in total. The number of rotatable bonds is 5. The van der Waals surface area contributed by atoms with E-state index in [0.29, 0.717) is 0 Å². The predicted molar refractivity (Wildman–Crippen MR) is 74.0 cm³/mol. The van der Waals surface area contributed by atoms with Gasteiger partial charge in [0.05, 0.1) is 40.6 Å². The average molecular weight is 304 g/mol. The molecule has 0 atom stereocenters. The number of hydrogen-bond donors (Lipinski definition) is 1. The molecule has 0 aliphatic heterocycles. The lowest BCUT2D eigenvalue weighted by Crippen LogP contribution is -2.14. The molecular weight excluding hydrogens is 292 g/mol. The number of nitrogens with zero attached hydrogens (tertiary/aromatic N) is 3. The summed E-state index contributed by atoms with van der Waals surface area (Å²) in [6.45, 7) is 0.0897. The van der Waals surface area contributed by atoms with Crippen molar-refractivity contribution in [2.24, 2.45) is 5.73 Å². The van der Waals surface area contributed by atoms with Crippen LogP contribution in [0.15, 0.2) is 41.6 Å². The highest BCUT2D eigenvalue weighted by Crippen LogP contribution is 2.13. The van der Waals surface area contributed by atoms with Gasteiger partial charge in [-0.3, -0.25) is 9.48 Å². The van der Waals surface area contributed by atoms with E-state index in [1.165, 1.54) is 41.3 Å². The Hall–Kier alpha value is -2.66. The van der Waals surface area contributed by atoms with Gasteiger partial charge in [-0.15, -0.1) is 0 Å². The van der Waals surface area contributed by atoms with Crippen molar-refractivity contribution < 1.29 is 13.2 Å². The summed E-state index contributed by atoms with van der Waals surface area (Å²) in [4.78, 5) is 11.0. The van der Waals surface area contributed by atoms with Crippen LogP contribution < -0.4 is 5.73 Å². The fraction of sp³-hybridized carbons (Fsp3) is 0.154. The summed E-state index contributed by atoms with van der Waals surface area (Å²) in [6.07, 6.45) is 2.68. The van der Waals surface area contributed by atoms with Crippen molar-refractivity contribution in [3.05, 3.63) is 47.8 Å². The molecule has 0 aliphatic rings. The summed E-state index contributed by atoms with van der Waals surface area (Å²) in [5.74, 6) is -0.812. The van der Waals surface area contributed by atoms with E-state index in [1.54, 1.807) is 0 Å². The van der Waals surface area contributed by atoms with Gasteiger partial charge >= 0.3 is 0 Å². The van der Waals surface area contributed by atoms with Gasteiger partial charge in [-0.05, 0) is 18.2 Å². The van der Waals surface area contributed by atoms with Crippen molar-refractivity contribution in [2.45, 2.75) is 11.4 Å². The van der Waals surface area contributed by atoms with Crippen LogP contribution in [-0.2, 0) is 16.4 Å². The number of aromatic nitrogens is 2. The van der Waals surface area contributed by atoms with E-state index in [4.69, 9.17) is 11.0 Å². The lowest BCUT2D eigenvalue weighted by Gasteiger charge is -2.05. The summed E-state index contributed by atoms with van der Waals surface area (Å²) < 4.78 is 25.7. The Labute approximate surface area is 121 Å². The molecule has 2 aromatic rings. The van der Waals surface area contributed by atoms with Crippen LogP contribution in [0.25, 0.3) is 0 Å². The molecule has 8 heteroatoms. The van der Waals surface area contributed by atoms with E-state index < -0.39 is 15.7 Å². The largest absolute Gasteiger partial charge is 0.366 e. The molecule has 0 radical (unpaired) electrons. The van der Waals surface area contributed by atoms with Gasteiger partial charge < -0.3 is 5.73 Å². The lowest BCUT2D eigenvalue weighted by molar-refractivity contribution is 0.1000. The highest BCUT2D eigenvalue weighted by molar-refractivity contribution is 7.91. The number of nitrogens with two attached hydrogens (primary N) is 1. The molecule has 1 aromatic carbocycles. The number of nitriles is 1. The maximum Gasteiger partial charge on any atom is 0.251 e. The maximum absolute atomic E-state index is 12.2. The molecule has 0 bridgehead atoms. The number of aryl methyl sites for hydroxylation is 1. The number of primary amides is 1. The van der Waals surface area contributed by atoms with E-state index >= 15 is 0 Å². The minimum absolute atomic E-state index is 0.0869. The Balaban J connectivity index is 2.13. The summed E-state index contributed by atoms with van der Waals surface area (Å²) in [6, 6.07) is 7.71. The van der Waals surface area contributed by atoms with Gasteiger partial charge in [-0.1, -0.05) is 6.07 Å². The van der Waals surface area contributed by atoms with Gasteiger partial charge in [0.1, 0.15) is 0 Å². The van der Waals surface area contributed by atoms with Gasteiger partial charge in [0.25, 0.3) is 5.91 Å². The fourth-order valence-corrected chi connectivity index (χ4v) is 2.96. The van der Waals surface area contributed by atoms with E-state index in [-0.39, 0.29) is 28.3 Å². The Kier molecular flexibility index (Phi) is 4.05. The molecule has 0 saturated heterocycles. The number of carbonyl (C=O) groups excluding carboxylic acids is 1. The zero-order valence-corrected chi connectivity index (χ0v) is 11.7. The monoisotopic (exact) mass is 304 g/mol. The summed E-state index contributed by atoms with van der Waals surface area (Å²) in [5, 5.41) is 12.7. The SMILES string of the molecule is N#Cc1cccc(S(=O)(=O)CCn2cc(C(N)=O)cn2)c1. The normalized spacial score (nSPS) is 11.0. The van der Waals surface area contributed by atoms with Gasteiger partial charge in [0.2, 0.25) is 0 Å². The van der Waals surface area contributed by atoms with Crippen molar-refractivity contribution in [1.82, 2.24) is 9.78 Å². The highest BCUT2D eigenvalue weighted by Gasteiger charge is 2.15. The predicted octanol–water partition coefficient (Wildman–Crippen LogP) is 0.328. The smallest absolute Gasteiger partial charge is 0.251 e. The summed E-state index contributed by atoms with van der Waals surface area (Å²) >= 11 is 0. The molecule has 0 spiro atoms. The number of hydrogen-bond acceptors (Lipinski definition) is 5. The van der Waals surface area contributed by atoms with Crippen molar-refractivity contribution in [3.8, 4) is 6.07 Å². The minimum atomic E-state index is -3.53. The summed E-state index contributed by atoms with van der Waals surface area (Å²) in [5.41, 5.74) is 5.60. The topological polar surface area (TPSA) is 119 Å². The van der Waals surface area contributed by atoms with Gasteiger partial charge in [-0.25, -0.2) is 8.42 Å². The van der Waals surface area contributed by atoms with Crippen molar-refractivity contribution >= 4 is 15.7 Å². The van der Waals surface area contributed by atoms with Crippen LogP contribution in [0.3, 0.4) is 0 Å². The third-order valence-corrected chi connectivity index (χ3v) is 4.52. The van der Waals surface area contributed by atoms with Crippen LogP contribution >= 0.6 is 0 Å². The zero-order chi connectivity index (χ0) is 15.5. The number of sulfone groups is 1. The van der Waals surface area contributed by atoms with Crippen molar-refractivity contribution in [2.75, 3.05) is 5.75 Å². The first-order chi connectivity index (χ1) is 9.92. The molecule has 21 heavy (non-hydrogen) atoms. The van der Waals surface area contributed by atoms with Crippen LogP contribution in [0, 0.1) is 11.3 Å². The molecule has 0 unspecified atom stereocenters. The first kappa shape index (κ1) is 14.7. The van der Waals surface area contributed by atoms with Crippen LogP contribution in [0.4, 0.5) is 0 Å². The number of amides is 1. The highest BCUT2D eigenvalue weighted by atomic mass is 32.2. The van der Waals surface area contributed by atoms with Crippen LogP contribution in [0.1, 0.15) is 15.9 Å². The lowest BCUT2D eigenvalue weighted by atomic mass is 10.2. The molecule has 1 aromatic heterocycles. The number of benzene rings is 1. The quantitative estimate of drug-likeness (QED) is 0.853. The van der Waals surface area contributed by atoms with Crippen LogP contribution in [-0.4, -0.2) is 29.9 Å². The Morgan fingerprint density at radius 1 is 1.43 bits per heavy atom. The Morgan fingerprint density at radius 2 is 2.19 bits per heavy atom. The molecule has 0 aliphatic carbocycles. The second-order valence-corrected chi connectivity index (χ2v) is 6.42. The first-order valence-electron chi connectivity index (χ1n) is 5.97. The molecule has 108 valence electrons. The molecule has 0 fully saturated rings. The van der Waals surface area contributed by atoms with Gasteiger partial charge in [0.15, 0.2) is 9.84 Å². The zero-order valence-electron chi connectivity index (χ0n) is 10.9. The molecule has 2 rings (SSSR count). The fourth-order valence-electron chi connectivity index (χ4n) is 1.70. The average Bonchev–Trinajstić information content (AvgIpc) is 2.94. The van der Waals surface area contributed by atoms with Crippen molar-refractivity contribution in [1.29, 1.82) is 5.26 Å². The molecular formula is C13H12N4O3S. The van der Waals surface area contributed by atoms with E-state index in [2.05, 4.69) is 5.10 Å².